The Morgan fingerprint density at radius 1 is 1.40 bits per heavy atom. The first-order valence-electron chi connectivity index (χ1n) is 5.76. The van der Waals surface area contributed by atoms with Crippen LogP contribution in [-0.4, -0.2) is 50.2 Å². The van der Waals surface area contributed by atoms with Crippen LogP contribution in [0.25, 0.3) is 0 Å². The number of ether oxygens (including phenoxy) is 1. The van der Waals surface area contributed by atoms with Crippen LogP contribution in [-0.2, 0) is 9.53 Å². The van der Waals surface area contributed by atoms with Gasteiger partial charge in [-0.15, -0.1) is 0 Å². The van der Waals surface area contributed by atoms with E-state index in [9.17, 15) is 4.79 Å². The Kier molecular flexibility index (Phi) is 3.26. The lowest BCUT2D eigenvalue weighted by Crippen LogP contribution is -2.45. The number of carbonyl (C=O) groups is 1. The van der Waals surface area contributed by atoms with Crippen LogP contribution in [0, 0.1) is 5.41 Å². The van der Waals surface area contributed by atoms with Crippen molar-refractivity contribution in [3.8, 4) is 0 Å². The molecule has 1 amide bonds. The summed E-state index contributed by atoms with van der Waals surface area (Å²) in [5.41, 5.74) is 0.477. The molecule has 0 atom stereocenters. The van der Waals surface area contributed by atoms with Gasteiger partial charge in [-0.1, -0.05) is 6.92 Å². The number of nitrogens with zero attached hydrogens (tertiary/aromatic N) is 1. The van der Waals surface area contributed by atoms with Crippen molar-refractivity contribution in [3.05, 3.63) is 0 Å². The standard InChI is InChI=1S/C11H20N2O2/c1-11(2-3-11)9-12-8-10(14)13-4-6-15-7-5-13/h12H,2-9H2,1H3. The van der Waals surface area contributed by atoms with Gasteiger partial charge in [-0.2, -0.15) is 0 Å². The maximum absolute atomic E-state index is 11.7. The zero-order chi connectivity index (χ0) is 10.7. The quantitative estimate of drug-likeness (QED) is 0.725. The predicted octanol–water partition coefficient (Wildman–Crippen LogP) is 0.235. The summed E-state index contributed by atoms with van der Waals surface area (Å²) in [6, 6.07) is 0. The molecule has 1 N–H and O–H groups in total. The van der Waals surface area contributed by atoms with Crippen LogP contribution in [0.4, 0.5) is 0 Å². The zero-order valence-electron chi connectivity index (χ0n) is 9.42. The van der Waals surface area contributed by atoms with E-state index in [4.69, 9.17) is 4.74 Å². The largest absolute Gasteiger partial charge is 0.378 e. The van der Waals surface area contributed by atoms with E-state index >= 15 is 0 Å². The molecule has 2 fully saturated rings. The second-order valence-corrected chi connectivity index (χ2v) is 4.91. The SMILES string of the molecule is CC1(CNCC(=O)N2CCOCC2)CC1. The molecule has 15 heavy (non-hydrogen) atoms. The highest BCUT2D eigenvalue weighted by molar-refractivity contribution is 5.78. The fourth-order valence-electron chi connectivity index (χ4n) is 1.79. The second kappa shape index (κ2) is 4.49. The van der Waals surface area contributed by atoms with Crippen molar-refractivity contribution in [1.29, 1.82) is 0 Å². The predicted molar refractivity (Wildman–Crippen MR) is 57.6 cm³/mol. The molecule has 86 valence electrons. The van der Waals surface area contributed by atoms with E-state index in [0.717, 1.165) is 19.6 Å². The molecule has 1 saturated heterocycles. The smallest absolute Gasteiger partial charge is 0.236 e. The van der Waals surface area contributed by atoms with Crippen molar-refractivity contribution >= 4 is 5.91 Å². The van der Waals surface area contributed by atoms with Gasteiger partial charge in [-0.05, 0) is 18.3 Å². The monoisotopic (exact) mass is 212 g/mol. The van der Waals surface area contributed by atoms with Crippen LogP contribution in [0.3, 0.4) is 0 Å². The molecule has 4 heteroatoms. The highest BCUT2D eigenvalue weighted by atomic mass is 16.5. The molecule has 2 rings (SSSR count). The first-order valence-corrected chi connectivity index (χ1v) is 5.76. The van der Waals surface area contributed by atoms with Crippen LogP contribution in [0.2, 0.25) is 0 Å². The Bertz CT molecular complexity index is 233. The van der Waals surface area contributed by atoms with Crippen molar-refractivity contribution in [1.82, 2.24) is 10.2 Å². The Morgan fingerprint density at radius 2 is 2.07 bits per heavy atom. The van der Waals surface area contributed by atoms with Gasteiger partial charge in [-0.25, -0.2) is 0 Å². The molecule has 0 unspecified atom stereocenters. The number of rotatable bonds is 4. The first kappa shape index (κ1) is 10.9. The number of morpholine rings is 1. The lowest BCUT2D eigenvalue weighted by Gasteiger charge is -2.27. The summed E-state index contributed by atoms with van der Waals surface area (Å²) in [5.74, 6) is 0.211. The Hall–Kier alpha value is -0.610. The number of nitrogens with one attached hydrogen (secondary N) is 1. The molecule has 0 bridgehead atoms. The van der Waals surface area contributed by atoms with Crippen molar-refractivity contribution in [3.63, 3.8) is 0 Å². The van der Waals surface area contributed by atoms with Gasteiger partial charge < -0.3 is 15.0 Å². The molecule has 0 aromatic heterocycles. The summed E-state index contributed by atoms with van der Waals surface area (Å²) in [4.78, 5) is 13.6. The van der Waals surface area contributed by atoms with Gasteiger partial charge in [0.05, 0.1) is 19.8 Å². The zero-order valence-corrected chi connectivity index (χ0v) is 9.42. The topological polar surface area (TPSA) is 41.6 Å². The highest BCUT2D eigenvalue weighted by Gasteiger charge is 2.36. The van der Waals surface area contributed by atoms with Crippen molar-refractivity contribution in [2.24, 2.45) is 5.41 Å². The number of hydrogen-bond donors (Lipinski definition) is 1. The van der Waals surface area contributed by atoms with E-state index in [1.165, 1.54) is 12.8 Å². The van der Waals surface area contributed by atoms with Gasteiger partial charge in [0.1, 0.15) is 0 Å². The maximum Gasteiger partial charge on any atom is 0.236 e. The maximum atomic E-state index is 11.7. The van der Waals surface area contributed by atoms with Gasteiger partial charge in [0.25, 0.3) is 0 Å². The first-order chi connectivity index (χ1) is 7.20. The van der Waals surface area contributed by atoms with Crippen molar-refractivity contribution < 1.29 is 9.53 Å². The minimum Gasteiger partial charge on any atom is -0.378 e. The summed E-state index contributed by atoms with van der Waals surface area (Å²) < 4.78 is 5.20. The van der Waals surface area contributed by atoms with Gasteiger partial charge in [0.2, 0.25) is 5.91 Å². The molecular formula is C11H20N2O2. The fraction of sp³-hybridized carbons (Fsp3) is 0.909. The van der Waals surface area contributed by atoms with Gasteiger partial charge in [-0.3, -0.25) is 4.79 Å². The second-order valence-electron chi connectivity index (χ2n) is 4.91. The van der Waals surface area contributed by atoms with E-state index in [2.05, 4.69) is 12.2 Å². The van der Waals surface area contributed by atoms with Crippen LogP contribution >= 0.6 is 0 Å². The average Bonchev–Trinajstić information content (AvgIpc) is 2.98. The van der Waals surface area contributed by atoms with Crippen LogP contribution < -0.4 is 5.32 Å². The van der Waals surface area contributed by atoms with E-state index in [-0.39, 0.29) is 5.91 Å². The molecule has 4 nitrogen and oxygen atoms in total. The van der Waals surface area contributed by atoms with Crippen molar-refractivity contribution in [2.75, 3.05) is 39.4 Å². The third-order valence-electron chi connectivity index (χ3n) is 3.30. The summed E-state index contributed by atoms with van der Waals surface area (Å²) in [6.45, 7) is 6.58. The molecule has 1 saturated carbocycles. The molecule has 2 aliphatic rings. The lowest BCUT2D eigenvalue weighted by molar-refractivity contribution is -0.134. The van der Waals surface area contributed by atoms with E-state index < -0.39 is 0 Å². The van der Waals surface area contributed by atoms with Crippen LogP contribution in [0.1, 0.15) is 19.8 Å². The highest BCUT2D eigenvalue weighted by Crippen LogP contribution is 2.43. The number of hydrogen-bond acceptors (Lipinski definition) is 3. The van der Waals surface area contributed by atoms with Crippen molar-refractivity contribution in [2.45, 2.75) is 19.8 Å². The molecule has 0 radical (unpaired) electrons. The van der Waals surface area contributed by atoms with E-state index in [1.54, 1.807) is 0 Å². The Balaban J connectivity index is 1.63. The minimum atomic E-state index is 0.211. The fourth-order valence-corrected chi connectivity index (χ4v) is 1.79. The van der Waals surface area contributed by atoms with Gasteiger partial charge in [0.15, 0.2) is 0 Å². The summed E-state index contributed by atoms with van der Waals surface area (Å²) in [6.07, 6.45) is 2.59. The Morgan fingerprint density at radius 3 is 2.67 bits per heavy atom. The summed E-state index contributed by atoms with van der Waals surface area (Å²) >= 11 is 0. The third kappa shape index (κ3) is 3.18. The average molecular weight is 212 g/mol. The molecule has 1 aliphatic carbocycles. The molecule has 0 aromatic carbocycles. The van der Waals surface area contributed by atoms with E-state index in [1.807, 2.05) is 4.90 Å². The molecule has 0 spiro atoms. The lowest BCUT2D eigenvalue weighted by atomic mass is 10.1. The molecular weight excluding hydrogens is 192 g/mol. The Labute approximate surface area is 91.0 Å². The normalized spacial score (nSPS) is 23.9. The molecule has 1 heterocycles. The molecule has 1 aliphatic heterocycles. The number of carbonyl (C=O) groups excluding carboxylic acids is 1. The van der Waals surface area contributed by atoms with E-state index in [0.29, 0.717) is 25.2 Å². The minimum absolute atomic E-state index is 0.211. The van der Waals surface area contributed by atoms with Gasteiger partial charge >= 0.3 is 0 Å². The third-order valence-corrected chi connectivity index (χ3v) is 3.30. The number of amides is 1. The van der Waals surface area contributed by atoms with Gasteiger partial charge in [0, 0.05) is 19.6 Å². The molecule has 0 aromatic rings. The van der Waals surface area contributed by atoms with Crippen LogP contribution in [0.15, 0.2) is 0 Å². The summed E-state index contributed by atoms with van der Waals surface area (Å²) in [5, 5.41) is 3.25. The van der Waals surface area contributed by atoms with Crippen LogP contribution in [0.5, 0.6) is 0 Å². The summed E-state index contributed by atoms with van der Waals surface area (Å²) in [7, 11) is 0.